The molecule has 0 atom stereocenters. The van der Waals surface area contributed by atoms with E-state index in [2.05, 4.69) is 10.5 Å². The highest BCUT2D eigenvalue weighted by Crippen LogP contribution is 2.23. The number of nitrogens with one attached hydrogen (secondary N) is 1. The minimum atomic E-state index is -1.00. The van der Waals surface area contributed by atoms with Gasteiger partial charge in [0.2, 0.25) is 0 Å². The molecule has 0 aliphatic heterocycles. The molecule has 0 aromatic carbocycles. The van der Waals surface area contributed by atoms with Crippen LogP contribution in [0, 0.1) is 5.41 Å². The second kappa shape index (κ2) is 5.64. The number of amides is 1. The van der Waals surface area contributed by atoms with Crippen molar-refractivity contribution in [3.05, 3.63) is 17.0 Å². The molecular formula is C14H20N2O4. The lowest BCUT2D eigenvalue weighted by Crippen LogP contribution is -2.39. The zero-order valence-corrected chi connectivity index (χ0v) is 11.9. The molecule has 0 saturated carbocycles. The average Bonchev–Trinajstić information content (AvgIpc) is 2.65. The first-order chi connectivity index (χ1) is 9.42. The van der Waals surface area contributed by atoms with Crippen molar-refractivity contribution < 1.29 is 19.2 Å². The van der Waals surface area contributed by atoms with Gasteiger partial charge in [-0.15, -0.1) is 0 Å². The van der Waals surface area contributed by atoms with Crippen molar-refractivity contribution in [3.63, 3.8) is 0 Å². The Morgan fingerprint density at radius 1 is 1.30 bits per heavy atom. The van der Waals surface area contributed by atoms with Crippen LogP contribution < -0.4 is 5.32 Å². The molecule has 1 aliphatic rings. The zero-order chi connectivity index (χ0) is 14.8. The summed E-state index contributed by atoms with van der Waals surface area (Å²) in [7, 11) is 0. The number of hydrogen-bond donors (Lipinski definition) is 2. The van der Waals surface area contributed by atoms with Crippen LogP contribution in [0.15, 0.2) is 4.52 Å². The Kier molecular flexibility index (Phi) is 4.11. The molecule has 0 fully saturated rings. The maximum atomic E-state index is 12.1. The van der Waals surface area contributed by atoms with Crippen LogP contribution in [0.1, 0.15) is 54.9 Å². The maximum absolute atomic E-state index is 12.1. The van der Waals surface area contributed by atoms with Gasteiger partial charge in [-0.1, -0.05) is 11.6 Å². The molecule has 6 heteroatoms. The lowest BCUT2D eigenvalue weighted by atomic mass is 9.94. The van der Waals surface area contributed by atoms with E-state index in [1.54, 1.807) is 13.8 Å². The summed E-state index contributed by atoms with van der Waals surface area (Å²) in [6.45, 7) is 3.20. The Hall–Kier alpha value is -1.85. The van der Waals surface area contributed by atoms with Gasteiger partial charge in [0.05, 0.1) is 5.41 Å². The molecule has 2 rings (SSSR count). The van der Waals surface area contributed by atoms with Gasteiger partial charge < -0.3 is 14.9 Å². The molecule has 20 heavy (non-hydrogen) atoms. The lowest BCUT2D eigenvalue weighted by molar-refractivity contribution is -0.146. The third kappa shape index (κ3) is 3.00. The number of hydrogen-bond acceptors (Lipinski definition) is 4. The number of carboxylic acids is 1. The molecular weight excluding hydrogens is 260 g/mol. The van der Waals surface area contributed by atoms with E-state index in [1.807, 2.05) is 0 Å². The number of rotatable bonds is 4. The quantitative estimate of drug-likeness (QED) is 0.820. The Labute approximate surface area is 117 Å². The van der Waals surface area contributed by atoms with Crippen molar-refractivity contribution in [1.82, 2.24) is 10.5 Å². The van der Waals surface area contributed by atoms with E-state index in [-0.39, 0.29) is 12.5 Å². The van der Waals surface area contributed by atoms with Crippen LogP contribution in [-0.4, -0.2) is 28.7 Å². The van der Waals surface area contributed by atoms with Gasteiger partial charge in [-0.3, -0.25) is 9.59 Å². The standard InChI is InChI=1S/C14H20N2O4/c1-14(2,13(18)19)8-15-12(17)11-9-6-4-3-5-7-10(9)20-16-11/h3-8H2,1-2H3,(H,15,17)(H,18,19). The Balaban J connectivity index is 2.07. The molecule has 1 aliphatic carbocycles. The monoisotopic (exact) mass is 280 g/mol. The highest BCUT2D eigenvalue weighted by molar-refractivity contribution is 5.94. The summed E-state index contributed by atoms with van der Waals surface area (Å²) in [5.74, 6) is -0.506. The highest BCUT2D eigenvalue weighted by atomic mass is 16.5. The normalized spacial score (nSPS) is 15.3. The first-order valence-electron chi connectivity index (χ1n) is 6.91. The van der Waals surface area contributed by atoms with Crippen LogP contribution in [-0.2, 0) is 17.6 Å². The second-order valence-corrected chi connectivity index (χ2v) is 5.87. The number of aryl methyl sites for hydroxylation is 1. The molecule has 6 nitrogen and oxygen atoms in total. The van der Waals surface area contributed by atoms with E-state index in [9.17, 15) is 9.59 Å². The van der Waals surface area contributed by atoms with Crippen LogP contribution in [0.25, 0.3) is 0 Å². The van der Waals surface area contributed by atoms with Crippen LogP contribution in [0.4, 0.5) is 0 Å². The average molecular weight is 280 g/mol. The third-order valence-corrected chi connectivity index (χ3v) is 3.69. The summed E-state index contributed by atoms with van der Waals surface area (Å²) in [6.07, 6.45) is 4.81. The van der Waals surface area contributed by atoms with E-state index >= 15 is 0 Å². The molecule has 0 saturated heterocycles. The predicted molar refractivity (Wildman–Crippen MR) is 71.5 cm³/mol. The fourth-order valence-electron chi connectivity index (χ4n) is 2.20. The molecule has 2 N–H and O–H groups in total. The maximum Gasteiger partial charge on any atom is 0.310 e. The summed E-state index contributed by atoms with van der Waals surface area (Å²) in [4.78, 5) is 23.1. The topological polar surface area (TPSA) is 92.4 Å². The molecule has 0 radical (unpaired) electrons. The molecule has 0 bridgehead atoms. The molecule has 1 aromatic heterocycles. The van der Waals surface area contributed by atoms with Crippen LogP contribution in [0.5, 0.6) is 0 Å². The molecule has 1 heterocycles. The number of carboxylic acid groups (broad SMARTS) is 1. The lowest BCUT2D eigenvalue weighted by Gasteiger charge is -2.19. The first kappa shape index (κ1) is 14.6. The molecule has 1 amide bonds. The second-order valence-electron chi connectivity index (χ2n) is 5.87. The summed E-state index contributed by atoms with van der Waals surface area (Å²) in [6, 6.07) is 0. The number of nitrogens with zero attached hydrogens (tertiary/aromatic N) is 1. The fraction of sp³-hybridized carbons (Fsp3) is 0.643. The van der Waals surface area contributed by atoms with E-state index in [4.69, 9.17) is 9.63 Å². The number of carbonyl (C=O) groups excluding carboxylic acids is 1. The predicted octanol–water partition coefficient (Wildman–Crippen LogP) is 1.78. The van der Waals surface area contributed by atoms with Crippen molar-refractivity contribution in [2.45, 2.75) is 46.0 Å². The summed E-state index contributed by atoms with van der Waals surface area (Å²) in [5.41, 5.74) is 0.187. The van der Waals surface area contributed by atoms with Gasteiger partial charge in [0.25, 0.3) is 5.91 Å². The van der Waals surface area contributed by atoms with Gasteiger partial charge in [-0.2, -0.15) is 0 Å². The Bertz CT molecular complexity index is 519. The van der Waals surface area contributed by atoms with Gasteiger partial charge >= 0.3 is 5.97 Å². The van der Waals surface area contributed by atoms with E-state index in [0.717, 1.165) is 43.4 Å². The van der Waals surface area contributed by atoms with Crippen LogP contribution in [0.2, 0.25) is 0 Å². The smallest absolute Gasteiger partial charge is 0.310 e. The van der Waals surface area contributed by atoms with E-state index in [0.29, 0.717) is 5.69 Å². The Morgan fingerprint density at radius 3 is 2.70 bits per heavy atom. The largest absolute Gasteiger partial charge is 0.481 e. The van der Waals surface area contributed by atoms with Crippen LogP contribution >= 0.6 is 0 Å². The Morgan fingerprint density at radius 2 is 2.00 bits per heavy atom. The van der Waals surface area contributed by atoms with Crippen molar-refractivity contribution in [2.24, 2.45) is 5.41 Å². The zero-order valence-electron chi connectivity index (χ0n) is 11.9. The number of aliphatic carboxylic acids is 1. The van der Waals surface area contributed by atoms with Crippen molar-refractivity contribution in [2.75, 3.05) is 6.54 Å². The van der Waals surface area contributed by atoms with Crippen molar-refractivity contribution >= 4 is 11.9 Å². The minimum Gasteiger partial charge on any atom is -0.481 e. The number of fused-ring (bicyclic) bond motifs is 1. The number of aromatic nitrogens is 1. The van der Waals surface area contributed by atoms with E-state index in [1.165, 1.54) is 0 Å². The molecule has 110 valence electrons. The highest BCUT2D eigenvalue weighted by Gasteiger charge is 2.29. The molecule has 1 aromatic rings. The first-order valence-corrected chi connectivity index (χ1v) is 6.91. The number of carbonyl (C=O) groups is 2. The van der Waals surface area contributed by atoms with Gasteiger partial charge in [0.1, 0.15) is 5.76 Å². The van der Waals surface area contributed by atoms with Crippen molar-refractivity contribution in [1.29, 1.82) is 0 Å². The SMILES string of the molecule is CC(C)(CNC(=O)c1noc2c1CCCCC2)C(=O)O. The van der Waals surface area contributed by atoms with Gasteiger partial charge in [-0.25, -0.2) is 0 Å². The summed E-state index contributed by atoms with van der Waals surface area (Å²) >= 11 is 0. The van der Waals surface area contributed by atoms with Gasteiger partial charge in [0, 0.05) is 18.5 Å². The summed E-state index contributed by atoms with van der Waals surface area (Å²) in [5, 5.41) is 15.5. The minimum absolute atomic E-state index is 0.0583. The molecule has 0 spiro atoms. The van der Waals surface area contributed by atoms with E-state index < -0.39 is 11.4 Å². The van der Waals surface area contributed by atoms with Gasteiger partial charge in [-0.05, 0) is 33.1 Å². The summed E-state index contributed by atoms with van der Waals surface area (Å²) < 4.78 is 5.24. The van der Waals surface area contributed by atoms with Gasteiger partial charge in [0.15, 0.2) is 5.69 Å². The fourth-order valence-corrected chi connectivity index (χ4v) is 2.20. The van der Waals surface area contributed by atoms with Crippen LogP contribution in [0.3, 0.4) is 0 Å². The van der Waals surface area contributed by atoms with Crippen molar-refractivity contribution in [3.8, 4) is 0 Å². The molecule has 0 unspecified atom stereocenters. The third-order valence-electron chi connectivity index (χ3n) is 3.69.